The van der Waals surface area contributed by atoms with Crippen molar-refractivity contribution >= 4 is 21.6 Å². The van der Waals surface area contributed by atoms with E-state index in [1.165, 1.54) is 13.2 Å². The number of halogens is 1. The zero-order valence-corrected chi connectivity index (χ0v) is 12.5. The Bertz CT molecular complexity index is 658. The van der Waals surface area contributed by atoms with Gasteiger partial charge in [0, 0.05) is 4.47 Å². The van der Waals surface area contributed by atoms with Crippen LogP contribution in [0.5, 0.6) is 17.2 Å². The minimum Gasteiger partial charge on any atom is -0.490 e. The minimum atomic E-state index is -0.512. The molecule has 0 unspecified atom stereocenters. The first-order valence-corrected chi connectivity index (χ1v) is 6.57. The second kappa shape index (κ2) is 5.92. The average Bonchev–Trinajstić information content (AvgIpc) is 2.42. The van der Waals surface area contributed by atoms with Crippen molar-refractivity contribution in [2.24, 2.45) is 0 Å². The zero-order valence-electron chi connectivity index (χ0n) is 10.9. The van der Waals surface area contributed by atoms with Gasteiger partial charge in [0.1, 0.15) is 5.75 Å². The first-order valence-electron chi connectivity index (χ1n) is 5.78. The van der Waals surface area contributed by atoms with Crippen LogP contribution in [-0.2, 0) is 0 Å². The van der Waals surface area contributed by atoms with Gasteiger partial charge in [0.25, 0.3) is 0 Å². The van der Waals surface area contributed by atoms with E-state index in [0.29, 0.717) is 5.75 Å². The quantitative estimate of drug-likeness (QED) is 0.610. The number of hydrogen-bond donors (Lipinski definition) is 0. The Morgan fingerprint density at radius 3 is 2.50 bits per heavy atom. The standard InChI is InChI=1S/C14H12BrNO4/c1-9-6-7-10(15)8-13(9)20-12-5-3-4-11(19-2)14(12)16(17)18/h3-8H,1-2H3. The van der Waals surface area contributed by atoms with Gasteiger partial charge < -0.3 is 9.47 Å². The Hall–Kier alpha value is -2.08. The smallest absolute Gasteiger partial charge is 0.352 e. The Morgan fingerprint density at radius 2 is 1.85 bits per heavy atom. The van der Waals surface area contributed by atoms with E-state index in [4.69, 9.17) is 9.47 Å². The van der Waals surface area contributed by atoms with Crippen molar-refractivity contribution in [2.75, 3.05) is 7.11 Å². The second-order valence-electron chi connectivity index (χ2n) is 4.08. The number of aryl methyl sites for hydroxylation is 1. The van der Waals surface area contributed by atoms with Gasteiger partial charge in [-0.2, -0.15) is 0 Å². The number of methoxy groups -OCH3 is 1. The van der Waals surface area contributed by atoms with Crippen LogP contribution < -0.4 is 9.47 Å². The molecule has 0 aliphatic heterocycles. The number of nitrogens with zero attached hydrogens (tertiary/aromatic N) is 1. The minimum absolute atomic E-state index is 0.149. The summed E-state index contributed by atoms with van der Waals surface area (Å²) in [4.78, 5) is 10.7. The third kappa shape index (κ3) is 2.91. The van der Waals surface area contributed by atoms with Gasteiger partial charge >= 0.3 is 5.69 Å². The summed E-state index contributed by atoms with van der Waals surface area (Å²) in [6.45, 7) is 1.87. The molecule has 5 nitrogen and oxygen atoms in total. The van der Waals surface area contributed by atoms with Gasteiger partial charge in [0.05, 0.1) is 12.0 Å². The highest BCUT2D eigenvalue weighted by atomic mass is 79.9. The highest BCUT2D eigenvalue weighted by Crippen LogP contribution is 2.39. The second-order valence-corrected chi connectivity index (χ2v) is 4.99. The topological polar surface area (TPSA) is 61.6 Å². The fraction of sp³-hybridized carbons (Fsp3) is 0.143. The molecule has 2 rings (SSSR count). The third-order valence-electron chi connectivity index (χ3n) is 2.73. The number of nitro groups is 1. The maximum Gasteiger partial charge on any atom is 0.352 e. The molecule has 20 heavy (non-hydrogen) atoms. The van der Waals surface area contributed by atoms with Gasteiger partial charge in [0.15, 0.2) is 0 Å². The molecule has 0 aliphatic rings. The number of ether oxygens (including phenoxy) is 2. The van der Waals surface area contributed by atoms with Crippen molar-refractivity contribution in [3.8, 4) is 17.2 Å². The molecule has 0 spiro atoms. The number of benzene rings is 2. The summed E-state index contributed by atoms with van der Waals surface area (Å²) in [7, 11) is 1.39. The molecule has 0 aromatic heterocycles. The molecular formula is C14H12BrNO4. The van der Waals surface area contributed by atoms with E-state index in [2.05, 4.69) is 15.9 Å². The van der Waals surface area contributed by atoms with Crippen LogP contribution in [0.2, 0.25) is 0 Å². The van der Waals surface area contributed by atoms with Gasteiger partial charge in [-0.05, 0) is 36.8 Å². The Labute approximate surface area is 124 Å². The van der Waals surface area contributed by atoms with E-state index < -0.39 is 4.92 Å². The lowest BCUT2D eigenvalue weighted by atomic mass is 10.2. The SMILES string of the molecule is COc1cccc(Oc2cc(Br)ccc2C)c1[N+](=O)[O-]. The number of hydrogen-bond acceptors (Lipinski definition) is 4. The third-order valence-corrected chi connectivity index (χ3v) is 3.23. The fourth-order valence-corrected chi connectivity index (χ4v) is 2.07. The highest BCUT2D eigenvalue weighted by molar-refractivity contribution is 9.10. The van der Waals surface area contributed by atoms with E-state index in [1.54, 1.807) is 18.2 Å². The van der Waals surface area contributed by atoms with Crippen molar-refractivity contribution in [2.45, 2.75) is 6.92 Å². The van der Waals surface area contributed by atoms with Gasteiger partial charge in [-0.1, -0.05) is 28.1 Å². The molecule has 2 aromatic carbocycles. The van der Waals surface area contributed by atoms with Crippen LogP contribution >= 0.6 is 15.9 Å². The van der Waals surface area contributed by atoms with E-state index in [-0.39, 0.29) is 17.2 Å². The van der Waals surface area contributed by atoms with Crippen molar-refractivity contribution in [3.05, 3.63) is 56.5 Å². The largest absolute Gasteiger partial charge is 0.490 e. The monoisotopic (exact) mass is 337 g/mol. The Balaban J connectivity index is 2.48. The van der Waals surface area contributed by atoms with Crippen LogP contribution in [0.15, 0.2) is 40.9 Å². The van der Waals surface area contributed by atoms with Crippen molar-refractivity contribution in [1.82, 2.24) is 0 Å². The summed E-state index contributed by atoms with van der Waals surface area (Å²) in [5, 5.41) is 11.2. The molecule has 0 bridgehead atoms. The van der Waals surface area contributed by atoms with Crippen LogP contribution in [-0.4, -0.2) is 12.0 Å². The van der Waals surface area contributed by atoms with Crippen LogP contribution in [0, 0.1) is 17.0 Å². The number of nitro benzene ring substituents is 1. The van der Waals surface area contributed by atoms with Crippen LogP contribution in [0.3, 0.4) is 0 Å². The van der Waals surface area contributed by atoms with Crippen LogP contribution in [0.4, 0.5) is 5.69 Å². The molecule has 0 radical (unpaired) electrons. The zero-order chi connectivity index (χ0) is 14.7. The Kier molecular flexibility index (Phi) is 4.24. The molecule has 0 heterocycles. The maximum absolute atomic E-state index is 11.2. The molecule has 0 N–H and O–H groups in total. The number of para-hydroxylation sites is 1. The summed E-state index contributed by atoms with van der Waals surface area (Å²) in [6.07, 6.45) is 0. The van der Waals surface area contributed by atoms with Gasteiger partial charge in [-0.3, -0.25) is 10.1 Å². The van der Waals surface area contributed by atoms with Crippen LogP contribution in [0.1, 0.15) is 5.56 Å². The molecular weight excluding hydrogens is 326 g/mol. The Morgan fingerprint density at radius 1 is 1.15 bits per heavy atom. The highest BCUT2D eigenvalue weighted by Gasteiger charge is 2.22. The van der Waals surface area contributed by atoms with E-state index in [9.17, 15) is 10.1 Å². The van der Waals surface area contributed by atoms with E-state index in [1.807, 2.05) is 19.1 Å². The number of rotatable bonds is 4. The molecule has 0 atom stereocenters. The normalized spacial score (nSPS) is 10.2. The predicted octanol–water partition coefficient (Wildman–Crippen LogP) is 4.47. The first-order chi connectivity index (χ1) is 9.52. The fourth-order valence-electron chi connectivity index (χ4n) is 1.73. The molecule has 0 saturated heterocycles. The van der Waals surface area contributed by atoms with Crippen molar-refractivity contribution in [1.29, 1.82) is 0 Å². The summed E-state index contributed by atoms with van der Waals surface area (Å²) in [6, 6.07) is 10.2. The van der Waals surface area contributed by atoms with Crippen LogP contribution in [0.25, 0.3) is 0 Å². The van der Waals surface area contributed by atoms with Crippen molar-refractivity contribution < 1.29 is 14.4 Å². The lowest BCUT2D eigenvalue weighted by molar-refractivity contribution is -0.386. The average molecular weight is 338 g/mol. The molecule has 0 amide bonds. The lowest BCUT2D eigenvalue weighted by Gasteiger charge is -2.11. The van der Waals surface area contributed by atoms with E-state index >= 15 is 0 Å². The molecule has 2 aromatic rings. The van der Waals surface area contributed by atoms with Gasteiger partial charge in [-0.25, -0.2) is 0 Å². The predicted molar refractivity (Wildman–Crippen MR) is 78.6 cm³/mol. The molecule has 104 valence electrons. The molecule has 0 fully saturated rings. The molecule has 0 saturated carbocycles. The van der Waals surface area contributed by atoms with Gasteiger partial charge in [-0.15, -0.1) is 0 Å². The summed E-state index contributed by atoms with van der Waals surface area (Å²) >= 11 is 3.35. The maximum atomic E-state index is 11.2. The van der Waals surface area contributed by atoms with Gasteiger partial charge in [0.2, 0.25) is 11.5 Å². The van der Waals surface area contributed by atoms with E-state index in [0.717, 1.165) is 10.0 Å². The molecule has 6 heteroatoms. The lowest BCUT2D eigenvalue weighted by Crippen LogP contribution is -1.97. The summed E-state index contributed by atoms with van der Waals surface area (Å²) < 4.78 is 11.5. The van der Waals surface area contributed by atoms with Crippen molar-refractivity contribution in [3.63, 3.8) is 0 Å². The summed E-state index contributed by atoms with van der Waals surface area (Å²) in [5.74, 6) is 0.867. The molecule has 0 aliphatic carbocycles. The summed E-state index contributed by atoms with van der Waals surface area (Å²) in [5.41, 5.74) is 0.694. The first kappa shape index (κ1) is 14.3.